The summed E-state index contributed by atoms with van der Waals surface area (Å²) >= 11 is 1.18. The number of rotatable bonds is 1. The van der Waals surface area contributed by atoms with Gasteiger partial charge in [-0.1, -0.05) is 0 Å². The summed E-state index contributed by atoms with van der Waals surface area (Å²) in [5.74, 6) is -2.23. The maximum Gasteiger partial charge on any atom is 0.471 e. The van der Waals surface area contributed by atoms with Crippen LogP contribution in [0.2, 0.25) is 0 Å². The van der Waals surface area contributed by atoms with Gasteiger partial charge in [0.2, 0.25) is 0 Å². The second-order valence-electron chi connectivity index (χ2n) is 3.36. The molecule has 1 atom stereocenters. The fourth-order valence-corrected chi connectivity index (χ4v) is 2.49. The molecule has 3 nitrogen and oxygen atoms in total. The predicted octanol–water partition coefficient (Wildman–Crippen LogP) is 2.05. The molecule has 0 fully saturated rings. The Morgan fingerprint density at radius 3 is 2.81 bits per heavy atom. The second kappa shape index (κ2) is 3.58. The minimum Gasteiger partial charge on any atom is -0.341 e. The molecule has 2 rings (SSSR count). The number of carbonyl (C=O) groups is 2. The van der Waals surface area contributed by atoms with Gasteiger partial charge >= 0.3 is 12.1 Å². The van der Waals surface area contributed by atoms with Crippen LogP contribution in [0.1, 0.15) is 27.7 Å². The van der Waals surface area contributed by atoms with Gasteiger partial charge in [0.1, 0.15) is 0 Å². The molecule has 1 aromatic rings. The lowest BCUT2D eigenvalue weighted by Gasteiger charge is -2.13. The molecule has 16 heavy (non-hydrogen) atoms. The van der Waals surface area contributed by atoms with Gasteiger partial charge < -0.3 is 5.32 Å². The maximum atomic E-state index is 12.0. The van der Waals surface area contributed by atoms with Crippen LogP contribution in [0, 0.1) is 0 Å². The lowest BCUT2D eigenvalue weighted by atomic mass is 10.2. The number of nitrogens with one attached hydrogen (secondary N) is 1. The van der Waals surface area contributed by atoms with E-state index in [2.05, 4.69) is 0 Å². The molecule has 0 radical (unpaired) electrons. The van der Waals surface area contributed by atoms with Crippen molar-refractivity contribution in [2.75, 3.05) is 0 Å². The van der Waals surface area contributed by atoms with E-state index in [1.54, 1.807) is 11.4 Å². The Hall–Kier alpha value is -1.37. The van der Waals surface area contributed by atoms with E-state index in [4.69, 9.17) is 0 Å². The summed E-state index contributed by atoms with van der Waals surface area (Å²) < 4.78 is 36.0. The van der Waals surface area contributed by atoms with E-state index in [-0.39, 0.29) is 12.2 Å². The molecule has 1 unspecified atom stereocenters. The summed E-state index contributed by atoms with van der Waals surface area (Å²) in [6, 6.07) is 0.717. The zero-order valence-electron chi connectivity index (χ0n) is 7.80. The maximum absolute atomic E-state index is 12.0. The molecule has 0 aliphatic heterocycles. The van der Waals surface area contributed by atoms with E-state index in [1.807, 2.05) is 5.32 Å². The number of ketones is 1. The number of alkyl halides is 3. The van der Waals surface area contributed by atoms with Crippen LogP contribution in [0.3, 0.4) is 0 Å². The van der Waals surface area contributed by atoms with Gasteiger partial charge in [0, 0.05) is 6.42 Å². The standard InChI is InChI=1S/C9H6F3NO2S/c10-9(11,12)8(15)13-5-3-6(14)7-4(5)1-2-16-7/h1-2,5H,3H2,(H,13,15). The average molecular weight is 249 g/mol. The molecule has 0 aromatic carbocycles. The summed E-state index contributed by atoms with van der Waals surface area (Å²) in [7, 11) is 0. The lowest BCUT2D eigenvalue weighted by Crippen LogP contribution is -2.38. The Labute approximate surface area is 92.3 Å². The van der Waals surface area contributed by atoms with E-state index >= 15 is 0 Å². The minimum atomic E-state index is -4.91. The third kappa shape index (κ3) is 1.82. The SMILES string of the molecule is O=C1CC(NC(=O)C(F)(F)F)c2ccsc21. The number of thiophene rings is 1. The van der Waals surface area contributed by atoms with Gasteiger partial charge in [0.25, 0.3) is 0 Å². The smallest absolute Gasteiger partial charge is 0.341 e. The summed E-state index contributed by atoms with van der Waals surface area (Å²) in [5.41, 5.74) is 0.479. The van der Waals surface area contributed by atoms with Gasteiger partial charge in [-0.15, -0.1) is 11.3 Å². The van der Waals surface area contributed by atoms with Crippen molar-refractivity contribution >= 4 is 23.0 Å². The fourth-order valence-electron chi connectivity index (χ4n) is 1.58. The van der Waals surface area contributed by atoms with Crippen molar-refractivity contribution in [3.05, 3.63) is 21.9 Å². The molecule has 0 saturated carbocycles. The second-order valence-corrected chi connectivity index (χ2v) is 4.27. The predicted molar refractivity (Wildman–Crippen MR) is 50.2 cm³/mol. The molecule has 0 saturated heterocycles. The quantitative estimate of drug-likeness (QED) is 0.828. The largest absolute Gasteiger partial charge is 0.471 e. The van der Waals surface area contributed by atoms with Crippen LogP contribution in [0.5, 0.6) is 0 Å². The molecule has 1 heterocycles. The van der Waals surface area contributed by atoms with Crippen molar-refractivity contribution in [2.24, 2.45) is 0 Å². The number of hydrogen-bond donors (Lipinski definition) is 1. The van der Waals surface area contributed by atoms with Crippen molar-refractivity contribution in [3.63, 3.8) is 0 Å². The van der Waals surface area contributed by atoms with Crippen LogP contribution in [-0.2, 0) is 4.79 Å². The Morgan fingerprint density at radius 1 is 1.50 bits per heavy atom. The third-order valence-corrected chi connectivity index (χ3v) is 3.25. The molecule has 1 N–H and O–H groups in total. The van der Waals surface area contributed by atoms with Crippen LogP contribution < -0.4 is 5.32 Å². The number of carbonyl (C=O) groups excluding carboxylic acids is 2. The van der Waals surface area contributed by atoms with Gasteiger partial charge in [-0.2, -0.15) is 13.2 Å². The zero-order valence-corrected chi connectivity index (χ0v) is 8.61. The van der Waals surface area contributed by atoms with Crippen molar-refractivity contribution in [2.45, 2.75) is 18.6 Å². The number of amides is 1. The average Bonchev–Trinajstić information content (AvgIpc) is 2.70. The summed E-state index contributed by atoms with van der Waals surface area (Å²) in [4.78, 5) is 22.5. The Kier molecular flexibility index (Phi) is 2.49. The molecule has 1 aliphatic carbocycles. The Balaban J connectivity index is 2.16. The number of fused-ring (bicyclic) bond motifs is 1. The lowest BCUT2D eigenvalue weighted by molar-refractivity contribution is -0.174. The molecule has 0 bridgehead atoms. The normalized spacial score (nSPS) is 19.7. The highest BCUT2D eigenvalue weighted by atomic mass is 32.1. The number of halogens is 3. The van der Waals surface area contributed by atoms with Crippen LogP contribution >= 0.6 is 11.3 Å². The summed E-state index contributed by atoms with van der Waals surface area (Å²) in [6.45, 7) is 0. The van der Waals surface area contributed by atoms with E-state index in [0.29, 0.717) is 10.4 Å². The van der Waals surface area contributed by atoms with Crippen molar-refractivity contribution < 1.29 is 22.8 Å². The first-order chi connectivity index (χ1) is 7.39. The highest BCUT2D eigenvalue weighted by Gasteiger charge is 2.42. The monoisotopic (exact) mass is 249 g/mol. The highest BCUT2D eigenvalue weighted by molar-refractivity contribution is 7.12. The molecule has 1 aromatic heterocycles. The first-order valence-corrected chi connectivity index (χ1v) is 5.26. The van der Waals surface area contributed by atoms with Crippen molar-refractivity contribution in [3.8, 4) is 0 Å². The molecule has 1 amide bonds. The molecular formula is C9H6F3NO2S. The van der Waals surface area contributed by atoms with Crippen LogP contribution in [0.4, 0.5) is 13.2 Å². The summed E-state index contributed by atoms with van der Waals surface area (Å²) in [5, 5.41) is 3.43. The van der Waals surface area contributed by atoms with E-state index < -0.39 is 18.1 Å². The van der Waals surface area contributed by atoms with Gasteiger partial charge in [-0.05, 0) is 17.0 Å². The van der Waals surface area contributed by atoms with Crippen LogP contribution in [0.15, 0.2) is 11.4 Å². The van der Waals surface area contributed by atoms with Gasteiger partial charge in [-0.3, -0.25) is 9.59 Å². The molecule has 86 valence electrons. The summed E-state index contributed by atoms with van der Waals surface area (Å²) in [6.07, 6.45) is -5.01. The van der Waals surface area contributed by atoms with Crippen LogP contribution in [-0.4, -0.2) is 17.9 Å². The van der Waals surface area contributed by atoms with Gasteiger partial charge in [-0.25, -0.2) is 0 Å². The Morgan fingerprint density at radius 2 is 2.19 bits per heavy atom. The van der Waals surface area contributed by atoms with Crippen LogP contribution in [0.25, 0.3) is 0 Å². The fraction of sp³-hybridized carbons (Fsp3) is 0.333. The highest BCUT2D eigenvalue weighted by Crippen LogP contribution is 2.35. The minimum absolute atomic E-state index is 0.0934. The topological polar surface area (TPSA) is 46.2 Å². The van der Waals surface area contributed by atoms with E-state index in [1.165, 1.54) is 11.3 Å². The van der Waals surface area contributed by atoms with Crippen molar-refractivity contribution in [1.29, 1.82) is 0 Å². The molecule has 0 spiro atoms. The number of hydrogen-bond acceptors (Lipinski definition) is 3. The molecular weight excluding hydrogens is 243 g/mol. The zero-order chi connectivity index (χ0) is 11.9. The Bertz CT molecular complexity index is 452. The first-order valence-electron chi connectivity index (χ1n) is 4.38. The van der Waals surface area contributed by atoms with Crippen molar-refractivity contribution in [1.82, 2.24) is 5.32 Å². The van der Waals surface area contributed by atoms with E-state index in [0.717, 1.165) is 0 Å². The van der Waals surface area contributed by atoms with Gasteiger partial charge in [0.15, 0.2) is 5.78 Å². The third-order valence-electron chi connectivity index (χ3n) is 2.28. The molecule has 1 aliphatic rings. The molecule has 7 heteroatoms. The number of Topliss-reactive ketones (excluding diaryl/α,β-unsaturated/α-hetero) is 1. The van der Waals surface area contributed by atoms with Gasteiger partial charge in [0.05, 0.1) is 10.9 Å². The first kappa shape index (κ1) is 11.1. The van der Waals surface area contributed by atoms with E-state index in [9.17, 15) is 22.8 Å².